The van der Waals surface area contributed by atoms with E-state index in [4.69, 9.17) is 0 Å². The molecule has 0 bridgehead atoms. The fourth-order valence-corrected chi connectivity index (χ4v) is 10.6. The molecule has 0 fully saturated rings. The predicted octanol–water partition coefficient (Wildman–Crippen LogP) is 10.2. The molecule has 1 spiro atoms. The van der Waals surface area contributed by atoms with E-state index >= 15 is 4.39 Å². The minimum Gasteiger partial charge on any atom is -0.207 e. The van der Waals surface area contributed by atoms with Crippen molar-refractivity contribution in [2.24, 2.45) is 0 Å². The van der Waals surface area contributed by atoms with E-state index in [9.17, 15) is 0 Å². The SMILES string of the molecule is CCCCc1cc2c3c4[n+](ccc3c1)C(CC)(CC)C1(C[n+]3ccc5ccccc5c3-c3cc(C)ccc31)c1ccc(F)c(c1-4)C2(C)C. The Kier molecular flexibility index (Phi) is 6.24. The Bertz CT molecular complexity index is 2340. The van der Waals surface area contributed by atoms with Crippen LogP contribution in [-0.4, -0.2) is 0 Å². The van der Waals surface area contributed by atoms with Crippen LogP contribution in [0.3, 0.4) is 0 Å². The molecule has 0 saturated carbocycles. The number of hydrogen-bond acceptors (Lipinski definition) is 0. The van der Waals surface area contributed by atoms with E-state index in [1.54, 1.807) is 6.07 Å². The third kappa shape index (κ3) is 3.47. The first-order chi connectivity index (χ1) is 23.2. The molecule has 4 aromatic carbocycles. The van der Waals surface area contributed by atoms with Crippen LogP contribution in [0.25, 0.3) is 44.1 Å². The lowest BCUT2D eigenvalue weighted by molar-refractivity contribution is -0.786. The smallest absolute Gasteiger partial charge is 0.207 e. The Morgan fingerprint density at radius 2 is 1.54 bits per heavy atom. The molecule has 6 aromatic rings. The molecule has 1 atom stereocenters. The average molecular weight is 633 g/mol. The second-order valence-electron chi connectivity index (χ2n) is 15.3. The number of aryl methyl sites for hydroxylation is 2. The molecule has 1 aliphatic carbocycles. The van der Waals surface area contributed by atoms with Gasteiger partial charge < -0.3 is 0 Å². The highest BCUT2D eigenvalue weighted by molar-refractivity contribution is 6.02. The summed E-state index contributed by atoms with van der Waals surface area (Å²) in [6.45, 7) is 14.5. The molecule has 2 nitrogen and oxygen atoms in total. The summed E-state index contributed by atoms with van der Waals surface area (Å²) in [4.78, 5) is 0. The van der Waals surface area contributed by atoms with Gasteiger partial charge in [-0.2, -0.15) is 9.13 Å². The summed E-state index contributed by atoms with van der Waals surface area (Å²) >= 11 is 0. The number of unbranched alkanes of at least 4 members (excludes halogenated alkanes) is 1. The molecule has 0 amide bonds. The number of aromatic nitrogens is 2. The van der Waals surface area contributed by atoms with Crippen LogP contribution in [0, 0.1) is 12.7 Å². The first-order valence-corrected chi connectivity index (χ1v) is 18.1. The van der Waals surface area contributed by atoms with Gasteiger partial charge in [-0.25, -0.2) is 4.39 Å². The van der Waals surface area contributed by atoms with Crippen LogP contribution in [-0.2, 0) is 29.3 Å². The van der Waals surface area contributed by atoms with Crippen LogP contribution < -0.4 is 9.13 Å². The van der Waals surface area contributed by atoms with Crippen molar-refractivity contribution < 1.29 is 13.5 Å². The largest absolute Gasteiger partial charge is 0.221 e. The summed E-state index contributed by atoms with van der Waals surface area (Å²) in [5.74, 6) is -0.0958. The van der Waals surface area contributed by atoms with Crippen molar-refractivity contribution >= 4 is 21.5 Å². The number of benzene rings is 4. The fraction of sp³-hybridized carbons (Fsp3) is 0.333. The van der Waals surface area contributed by atoms with Gasteiger partial charge in [0.2, 0.25) is 11.4 Å². The minimum absolute atomic E-state index is 0.0958. The van der Waals surface area contributed by atoms with Crippen molar-refractivity contribution in [1.82, 2.24) is 0 Å². The van der Waals surface area contributed by atoms with Gasteiger partial charge >= 0.3 is 0 Å². The van der Waals surface area contributed by atoms with Gasteiger partial charge in [0, 0.05) is 36.0 Å². The highest BCUT2D eigenvalue weighted by atomic mass is 19.1. The Labute approximate surface area is 283 Å². The minimum atomic E-state index is -0.492. The van der Waals surface area contributed by atoms with Crippen LogP contribution in [0.15, 0.2) is 91.3 Å². The summed E-state index contributed by atoms with van der Waals surface area (Å²) in [5.41, 5.74) is 11.1. The van der Waals surface area contributed by atoms with Crippen molar-refractivity contribution in [3.63, 3.8) is 0 Å². The molecule has 0 saturated heterocycles. The number of pyridine rings is 2. The van der Waals surface area contributed by atoms with E-state index in [0.717, 1.165) is 49.8 Å². The van der Waals surface area contributed by atoms with Gasteiger partial charge in [0.25, 0.3) is 0 Å². The molecule has 4 heterocycles. The van der Waals surface area contributed by atoms with E-state index in [-0.39, 0.29) is 11.4 Å². The fourth-order valence-electron chi connectivity index (χ4n) is 10.6. The lowest BCUT2D eigenvalue weighted by Crippen LogP contribution is -2.74. The third-order valence-electron chi connectivity index (χ3n) is 12.7. The van der Waals surface area contributed by atoms with E-state index < -0.39 is 10.8 Å². The summed E-state index contributed by atoms with van der Waals surface area (Å²) in [5, 5.41) is 5.12. The quantitative estimate of drug-likeness (QED) is 0.167. The van der Waals surface area contributed by atoms with Crippen LogP contribution in [0.2, 0.25) is 0 Å². The van der Waals surface area contributed by atoms with E-state index in [0.29, 0.717) is 0 Å². The molecule has 3 aliphatic rings. The highest BCUT2D eigenvalue weighted by Gasteiger charge is 2.68. The Morgan fingerprint density at radius 3 is 2.33 bits per heavy atom. The van der Waals surface area contributed by atoms with Crippen LogP contribution in [0.1, 0.15) is 93.7 Å². The third-order valence-corrected chi connectivity index (χ3v) is 12.7. The van der Waals surface area contributed by atoms with Crippen molar-refractivity contribution in [2.75, 3.05) is 0 Å². The Hall–Kier alpha value is -4.37. The van der Waals surface area contributed by atoms with E-state index in [1.165, 1.54) is 66.3 Å². The lowest BCUT2D eigenvalue weighted by atomic mass is 9.52. The van der Waals surface area contributed by atoms with Gasteiger partial charge in [-0.05, 0) is 71.0 Å². The van der Waals surface area contributed by atoms with Crippen LogP contribution in [0.4, 0.5) is 4.39 Å². The lowest BCUT2D eigenvalue weighted by Gasteiger charge is -2.52. The standard InChI is InChI=1S/C45H45FN2/c1-7-10-13-29-25-31-21-23-48-42-38(31)36(26-29)43(5,6)40-37(46)19-18-35(39(40)42)45(44(48,8-2)9-3)27-47-22-20-30-14-11-12-15-32(30)41(47)33-24-28(4)16-17-34(33)45/h11-12,14-26H,7-10,13,27H2,1-6H3/q+2. The van der Waals surface area contributed by atoms with Gasteiger partial charge in [-0.1, -0.05) is 95.1 Å². The number of hydrogen-bond donors (Lipinski definition) is 0. The van der Waals surface area contributed by atoms with Gasteiger partial charge in [0.15, 0.2) is 24.5 Å². The van der Waals surface area contributed by atoms with E-state index in [1.807, 2.05) is 0 Å². The first kappa shape index (κ1) is 29.7. The van der Waals surface area contributed by atoms with Crippen molar-refractivity contribution in [3.05, 3.63) is 130 Å². The molecule has 1 unspecified atom stereocenters. The second kappa shape index (κ2) is 10.1. The number of rotatable bonds is 5. The van der Waals surface area contributed by atoms with Crippen LogP contribution >= 0.6 is 0 Å². The van der Waals surface area contributed by atoms with Crippen molar-refractivity contribution in [3.8, 4) is 22.5 Å². The normalized spacial score (nSPS) is 19.1. The molecule has 3 heteroatoms. The van der Waals surface area contributed by atoms with Gasteiger partial charge in [0.05, 0.1) is 21.9 Å². The Balaban J connectivity index is 1.47. The molecule has 240 valence electrons. The first-order valence-electron chi connectivity index (χ1n) is 18.1. The molecule has 9 rings (SSSR count). The maximum Gasteiger partial charge on any atom is 0.221 e. The molecule has 0 radical (unpaired) electrons. The van der Waals surface area contributed by atoms with Gasteiger partial charge in [0.1, 0.15) is 11.2 Å². The predicted molar refractivity (Wildman–Crippen MR) is 194 cm³/mol. The number of fused-ring (bicyclic) bond motifs is 7. The maximum atomic E-state index is 16.7. The maximum absolute atomic E-state index is 16.7. The summed E-state index contributed by atoms with van der Waals surface area (Å²) < 4.78 is 21.9. The monoisotopic (exact) mass is 632 g/mol. The Morgan fingerprint density at radius 1 is 0.771 bits per heavy atom. The second-order valence-corrected chi connectivity index (χ2v) is 15.3. The molecule has 0 N–H and O–H groups in total. The van der Waals surface area contributed by atoms with Gasteiger partial charge in [-0.3, -0.25) is 0 Å². The van der Waals surface area contributed by atoms with Crippen molar-refractivity contribution in [2.45, 2.75) is 96.6 Å². The van der Waals surface area contributed by atoms with Crippen LogP contribution in [0.5, 0.6) is 0 Å². The molecule has 48 heavy (non-hydrogen) atoms. The van der Waals surface area contributed by atoms with E-state index in [2.05, 4.69) is 136 Å². The number of nitrogens with zero attached hydrogens (tertiary/aromatic N) is 2. The molecule has 2 aliphatic heterocycles. The molecular formula is C45H45FN2+2. The van der Waals surface area contributed by atoms with Crippen molar-refractivity contribution in [1.29, 1.82) is 0 Å². The topological polar surface area (TPSA) is 7.76 Å². The highest BCUT2D eigenvalue weighted by Crippen LogP contribution is 2.61. The molecule has 2 aromatic heterocycles. The number of halogens is 1. The zero-order chi connectivity index (χ0) is 33.2. The molecular weight excluding hydrogens is 588 g/mol. The summed E-state index contributed by atoms with van der Waals surface area (Å²) in [6, 6.07) is 29.3. The zero-order valence-electron chi connectivity index (χ0n) is 29.2. The van der Waals surface area contributed by atoms with Gasteiger partial charge in [-0.15, -0.1) is 0 Å². The summed E-state index contributed by atoms with van der Waals surface area (Å²) in [7, 11) is 0. The summed E-state index contributed by atoms with van der Waals surface area (Å²) in [6.07, 6.45) is 9.93. The zero-order valence-corrected chi connectivity index (χ0v) is 29.2. The average Bonchev–Trinajstić information content (AvgIpc) is 3.09.